The molecule has 1 amide bonds. The second-order valence-corrected chi connectivity index (χ2v) is 7.54. The van der Waals surface area contributed by atoms with Crippen LogP contribution in [0.2, 0.25) is 5.15 Å². The van der Waals surface area contributed by atoms with Crippen LogP contribution >= 0.6 is 11.6 Å². The molecule has 1 atom stereocenters. The zero-order valence-corrected chi connectivity index (χ0v) is 17.4. The molecule has 1 aliphatic rings. The number of rotatable bonds is 4. The Labute approximate surface area is 183 Å². The number of nitrogens with two attached hydrogens (primary N) is 1. The van der Waals surface area contributed by atoms with Gasteiger partial charge in [0.05, 0.1) is 13.7 Å². The summed E-state index contributed by atoms with van der Waals surface area (Å²) in [6.07, 6.45) is 0.707. The first-order valence-corrected chi connectivity index (χ1v) is 9.95. The molecule has 158 valence electrons. The Bertz CT molecular complexity index is 1190. The molecule has 4 rings (SSSR count). The number of aromatic nitrogens is 2. The van der Waals surface area contributed by atoms with Gasteiger partial charge in [-0.15, -0.1) is 0 Å². The number of carbonyl (C=O) groups excluding carboxylic acids is 1. The summed E-state index contributed by atoms with van der Waals surface area (Å²) in [5, 5.41) is 0.111. The zero-order chi connectivity index (χ0) is 22.1. The van der Waals surface area contributed by atoms with Gasteiger partial charge in [0.15, 0.2) is 5.69 Å². The van der Waals surface area contributed by atoms with Gasteiger partial charge in [-0.2, -0.15) is 0 Å². The molecule has 1 aromatic heterocycles. The number of benzene rings is 2. The number of methoxy groups -OCH3 is 1. The van der Waals surface area contributed by atoms with Gasteiger partial charge in [-0.1, -0.05) is 23.7 Å². The first-order valence-electron chi connectivity index (χ1n) is 9.58. The molecule has 0 aliphatic carbocycles. The van der Waals surface area contributed by atoms with Crippen molar-refractivity contribution in [3.63, 3.8) is 0 Å². The highest BCUT2D eigenvalue weighted by atomic mass is 35.5. The van der Waals surface area contributed by atoms with Gasteiger partial charge < -0.3 is 15.4 Å². The van der Waals surface area contributed by atoms with Gasteiger partial charge in [0.1, 0.15) is 22.5 Å². The van der Waals surface area contributed by atoms with Gasteiger partial charge in [0.25, 0.3) is 5.91 Å². The fourth-order valence-electron chi connectivity index (χ4n) is 3.56. The van der Waals surface area contributed by atoms with Crippen LogP contribution in [0, 0.1) is 12.4 Å². The Morgan fingerprint density at radius 1 is 1.32 bits per heavy atom. The Morgan fingerprint density at radius 2 is 2.06 bits per heavy atom. The number of nitrogens with zero attached hydrogens (tertiary/aromatic N) is 4. The van der Waals surface area contributed by atoms with Crippen LogP contribution in [0.25, 0.3) is 21.9 Å². The van der Waals surface area contributed by atoms with E-state index >= 15 is 0 Å². The van der Waals surface area contributed by atoms with E-state index in [9.17, 15) is 9.18 Å². The molecule has 31 heavy (non-hydrogen) atoms. The molecule has 2 heterocycles. The van der Waals surface area contributed by atoms with Crippen LogP contribution in [-0.4, -0.2) is 46.6 Å². The van der Waals surface area contributed by atoms with Crippen molar-refractivity contribution in [1.82, 2.24) is 14.5 Å². The molecule has 1 saturated heterocycles. The van der Waals surface area contributed by atoms with E-state index in [1.54, 1.807) is 46.9 Å². The molecule has 0 radical (unpaired) electrons. The lowest BCUT2D eigenvalue weighted by atomic mass is 10.2. The summed E-state index contributed by atoms with van der Waals surface area (Å²) in [6.45, 7) is 8.00. The summed E-state index contributed by atoms with van der Waals surface area (Å²) in [5.41, 5.74) is 6.92. The number of amides is 1. The molecule has 1 fully saturated rings. The second-order valence-electron chi connectivity index (χ2n) is 7.19. The van der Waals surface area contributed by atoms with E-state index in [1.807, 2.05) is 0 Å². The van der Waals surface area contributed by atoms with Crippen molar-refractivity contribution in [3.05, 3.63) is 70.5 Å². The van der Waals surface area contributed by atoms with Crippen LogP contribution in [0.4, 0.5) is 10.1 Å². The molecule has 2 N–H and O–H groups in total. The fraction of sp³-hybridized carbons (Fsp3) is 0.227. The molecule has 7 nitrogen and oxygen atoms in total. The monoisotopic (exact) mass is 439 g/mol. The third kappa shape index (κ3) is 3.85. The first kappa shape index (κ1) is 20.8. The molecule has 3 aromatic rings. The quantitative estimate of drug-likeness (QED) is 0.622. The van der Waals surface area contributed by atoms with Crippen molar-refractivity contribution < 1.29 is 13.9 Å². The molecular formula is C22H19ClFN5O2. The minimum absolute atomic E-state index is 0.0660. The summed E-state index contributed by atoms with van der Waals surface area (Å²) >= 11 is 6.64. The minimum Gasteiger partial charge on any atom is -0.497 e. The highest BCUT2D eigenvalue weighted by Crippen LogP contribution is 2.33. The predicted octanol–water partition coefficient (Wildman–Crippen LogP) is 4.06. The Hall–Kier alpha value is -3.41. The van der Waals surface area contributed by atoms with Crippen molar-refractivity contribution in [3.8, 4) is 22.8 Å². The predicted molar refractivity (Wildman–Crippen MR) is 115 cm³/mol. The third-order valence-corrected chi connectivity index (χ3v) is 5.54. The molecule has 9 heteroatoms. The van der Waals surface area contributed by atoms with Crippen molar-refractivity contribution in [2.75, 3.05) is 20.2 Å². The normalized spacial score (nSPS) is 15.7. The van der Waals surface area contributed by atoms with Crippen molar-refractivity contribution >= 4 is 23.2 Å². The number of imidazole rings is 1. The van der Waals surface area contributed by atoms with Gasteiger partial charge in [0.2, 0.25) is 5.69 Å². The van der Waals surface area contributed by atoms with Crippen LogP contribution in [0.3, 0.4) is 0 Å². The van der Waals surface area contributed by atoms with Gasteiger partial charge in [-0.25, -0.2) is 14.2 Å². The van der Waals surface area contributed by atoms with Gasteiger partial charge in [0, 0.05) is 30.4 Å². The number of carbonyl (C=O) groups is 1. The maximum absolute atomic E-state index is 14.3. The van der Waals surface area contributed by atoms with Crippen LogP contribution in [0.5, 0.6) is 5.75 Å². The topological polar surface area (TPSA) is 77.7 Å². The highest BCUT2D eigenvalue weighted by molar-refractivity contribution is 6.33. The van der Waals surface area contributed by atoms with Crippen LogP contribution < -0.4 is 10.5 Å². The summed E-state index contributed by atoms with van der Waals surface area (Å²) in [5.74, 6) is -0.0650. The van der Waals surface area contributed by atoms with Crippen LogP contribution in [0.1, 0.15) is 16.9 Å². The van der Waals surface area contributed by atoms with E-state index < -0.39 is 5.82 Å². The highest BCUT2D eigenvalue weighted by Gasteiger charge is 2.30. The van der Waals surface area contributed by atoms with Crippen LogP contribution in [0.15, 0.2) is 42.5 Å². The van der Waals surface area contributed by atoms with Crippen molar-refractivity contribution in [2.24, 2.45) is 5.73 Å². The zero-order valence-electron chi connectivity index (χ0n) is 16.7. The fourth-order valence-corrected chi connectivity index (χ4v) is 3.86. The minimum atomic E-state index is -0.675. The number of hydrogen-bond acceptors (Lipinski definition) is 4. The SMILES string of the molecule is [C-]#[N+]c1ccc(-c2nc(C(=O)N3CC[C@H](N)C3)c(Cl)n2-c2ccc(OC)cc2)cc1F. The van der Waals surface area contributed by atoms with Gasteiger partial charge in [-0.05, 0) is 36.8 Å². The lowest BCUT2D eigenvalue weighted by molar-refractivity contribution is 0.0786. The van der Waals surface area contributed by atoms with E-state index in [1.165, 1.54) is 12.1 Å². The molecule has 0 saturated carbocycles. The van der Waals surface area contributed by atoms with Gasteiger partial charge in [-0.3, -0.25) is 9.36 Å². The third-order valence-electron chi connectivity index (χ3n) is 5.19. The number of hydrogen-bond donors (Lipinski definition) is 1. The van der Waals surface area contributed by atoms with Gasteiger partial charge >= 0.3 is 0 Å². The Kier molecular flexibility index (Phi) is 5.63. The van der Waals surface area contributed by atoms with E-state index in [-0.39, 0.29) is 34.3 Å². The Balaban J connectivity index is 1.86. The van der Waals surface area contributed by atoms with Crippen LogP contribution in [-0.2, 0) is 0 Å². The molecule has 2 aromatic carbocycles. The van der Waals surface area contributed by atoms with E-state index in [0.29, 0.717) is 36.5 Å². The largest absolute Gasteiger partial charge is 0.497 e. The standard InChI is InChI=1S/C22H19ClFN5O2/c1-26-18-8-3-13(11-17(18)24)21-27-19(22(30)28-10-9-14(25)12-28)20(23)29(21)15-4-6-16(31-2)7-5-15/h3-8,11,14H,9-10,12,25H2,2H3/t14-/m0/s1. The molecule has 0 bridgehead atoms. The number of likely N-dealkylation sites (tertiary alicyclic amines) is 1. The number of halogens is 2. The molecule has 0 spiro atoms. The van der Waals surface area contributed by atoms with Crippen molar-refractivity contribution in [1.29, 1.82) is 0 Å². The summed E-state index contributed by atoms with van der Waals surface area (Å²) in [6, 6.07) is 11.1. The average molecular weight is 440 g/mol. The Morgan fingerprint density at radius 3 is 2.65 bits per heavy atom. The van der Waals surface area contributed by atoms with E-state index in [4.69, 9.17) is 28.6 Å². The molecule has 1 aliphatic heterocycles. The average Bonchev–Trinajstić information content (AvgIpc) is 3.36. The molecule has 0 unspecified atom stereocenters. The summed E-state index contributed by atoms with van der Waals surface area (Å²) in [7, 11) is 1.56. The molecular weight excluding hydrogens is 421 g/mol. The van der Waals surface area contributed by atoms with E-state index in [2.05, 4.69) is 9.83 Å². The smallest absolute Gasteiger partial charge is 0.275 e. The van der Waals surface area contributed by atoms with E-state index in [0.717, 1.165) is 0 Å². The summed E-state index contributed by atoms with van der Waals surface area (Å²) in [4.78, 5) is 22.3. The maximum Gasteiger partial charge on any atom is 0.275 e. The first-order chi connectivity index (χ1) is 14.9. The number of ether oxygens (including phenoxy) is 1. The maximum atomic E-state index is 14.3. The second kappa shape index (κ2) is 8.38. The lowest BCUT2D eigenvalue weighted by Crippen LogP contribution is -2.32. The lowest BCUT2D eigenvalue weighted by Gasteiger charge is -2.14. The summed E-state index contributed by atoms with van der Waals surface area (Å²) < 4.78 is 21.1. The van der Waals surface area contributed by atoms with Crippen molar-refractivity contribution in [2.45, 2.75) is 12.5 Å².